The van der Waals surface area contributed by atoms with E-state index in [0.29, 0.717) is 23.7 Å². The van der Waals surface area contributed by atoms with Crippen molar-refractivity contribution in [1.29, 1.82) is 0 Å². The average Bonchev–Trinajstić information content (AvgIpc) is 2.82. The summed E-state index contributed by atoms with van der Waals surface area (Å²) >= 11 is 8.70. The van der Waals surface area contributed by atoms with Crippen molar-refractivity contribution in [2.45, 2.75) is 26.8 Å². The van der Waals surface area contributed by atoms with Gasteiger partial charge in [0, 0.05) is 0 Å². The molecule has 2 aromatic rings. The van der Waals surface area contributed by atoms with Crippen LogP contribution in [-0.2, 0) is 6.54 Å². The van der Waals surface area contributed by atoms with Crippen LogP contribution in [0.4, 0.5) is 0 Å². The van der Waals surface area contributed by atoms with E-state index in [-0.39, 0.29) is 0 Å². The minimum atomic E-state index is 0.534. The van der Waals surface area contributed by atoms with Crippen molar-refractivity contribution in [3.05, 3.63) is 32.8 Å². The van der Waals surface area contributed by atoms with Crippen LogP contribution in [0.15, 0.2) is 16.6 Å². The summed E-state index contributed by atoms with van der Waals surface area (Å²) in [7, 11) is 1.63. The monoisotopic (exact) mass is 386 g/mol. The predicted molar refractivity (Wildman–Crippen MR) is 91.7 cm³/mol. The maximum Gasteiger partial charge on any atom is 0.214 e. The van der Waals surface area contributed by atoms with Crippen molar-refractivity contribution in [1.82, 2.24) is 14.9 Å². The number of benzene rings is 1. The average molecular weight is 387 g/mol. The second-order valence-corrected chi connectivity index (χ2v) is 5.94. The lowest BCUT2D eigenvalue weighted by Gasteiger charge is -2.15. The highest BCUT2D eigenvalue weighted by Gasteiger charge is 2.12. The Labute approximate surface area is 142 Å². The van der Waals surface area contributed by atoms with Crippen LogP contribution in [-0.4, -0.2) is 28.6 Å². The first-order valence-electron chi connectivity index (χ1n) is 6.94. The molecule has 0 aliphatic heterocycles. The van der Waals surface area contributed by atoms with E-state index in [1.807, 2.05) is 19.1 Å². The van der Waals surface area contributed by atoms with E-state index in [4.69, 9.17) is 21.7 Å². The fourth-order valence-corrected chi connectivity index (χ4v) is 2.80. The van der Waals surface area contributed by atoms with Crippen LogP contribution in [0, 0.1) is 11.7 Å². The second-order valence-electron chi connectivity index (χ2n) is 4.70. The zero-order valence-corrected chi connectivity index (χ0v) is 15.2. The van der Waals surface area contributed by atoms with Gasteiger partial charge in [0.15, 0.2) is 11.5 Å². The Balaban J connectivity index is 2.18. The van der Waals surface area contributed by atoms with Gasteiger partial charge in [-0.3, -0.25) is 5.10 Å². The molecule has 0 radical (unpaired) electrons. The van der Waals surface area contributed by atoms with Gasteiger partial charge in [0.05, 0.1) is 24.7 Å². The Morgan fingerprint density at radius 1 is 1.45 bits per heavy atom. The molecule has 0 bridgehead atoms. The van der Waals surface area contributed by atoms with Gasteiger partial charge in [-0.2, -0.15) is 5.10 Å². The topological polar surface area (TPSA) is 64.1 Å². The van der Waals surface area contributed by atoms with Crippen LogP contribution < -0.4 is 14.9 Å². The van der Waals surface area contributed by atoms with E-state index in [2.05, 4.69) is 38.5 Å². The van der Waals surface area contributed by atoms with Crippen LogP contribution in [0.5, 0.6) is 11.5 Å². The maximum absolute atomic E-state index is 5.72. The molecule has 2 rings (SSSR count). The van der Waals surface area contributed by atoms with Crippen LogP contribution >= 0.6 is 28.1 Å². The molecule has 0 atom stereocenters. The number of hydrogen-bond donors (Lipinski definition) is 2. The third kappa shape index (κ3) is 3.80. The van der Waals surface area contributed by atoms with Gasteiger partial charge >= 0.3 is 0 Å². The highest BCUT2D eigenvalue weighted by Crippen LogP contribution is 2.36. The SMILES string of the molecule is CCCOc1c(Br)cc(CNn2c(C)n[nH]c2=S)cc1OC. The Kier molecular flexibility index (Phi) is 5.84. The van der Waals surface area contributed by atoms with E-state index in [9.17, 15) is 0 Å². The largest absolute Gasteiger partial charge is 0.493 e. The first-order chi connectivity index (χ1) is 10.6. The molecule has 6 nitrogen and oxygen atoms in total. The highest BCUT2D eigenvalue weighted by atomic mass is 79.9. The molecule has 1 aromatic heterocycles. The number of halogens is 1. The zero-order chi connectivity index (χ0) is 16.1. The minimum Gasteiger partial charge on any atom is -0.493 e. The lowest BCUT2D eigenvalue weighted by Crippen LogP contribution is -2.16. The van der Waals surface area contributed by atoms with E-state index < -0.39 is 0 Å². The standard InChI is InChI=1S/C14H19BrN4O2S/c1-4-5-21-13-11(15)6-10(7-12(13)20-3)8-16-19-9(2)17-18-14(19)22/h6-7,16H,4-5,8H2,1-3H3,(H,18,22). The molecule has 22 heavy (non-hydrogen) atoms. The molecule has 0 aliphatic carbocycles. The number of aromatic nitrogens is 3. The molecule has 0 unspecified atom stereocenters. The molecule has 8 heteroatoms. The number of hydrogen-bond acceptors (Lipinski definition) is 5. The van der Waals surface area contributed by atoms with Crippen LogP contribution in [0.3, 0.4) is 0 Å². The van der Waals surface area contributed by atoms with Gasteiger partial charge in [-0.1, -0.05) is 6.92 Å². The first kappa shape index (κ1) is 16.8. The summed E-state index contributed by atoms with van der Waals surface area (Å²) in [4.78, 5) is 0. The van der Waals surface area contributed by atoms with Crippen molar-refractivity contribution in [2.75, 3.05) is 19.1 Å². The van der Waals surface area contributed by atoms with Gasteiger partial charge in [0.1, 0.15) is 5.82 Å². The first-order valence-corrected chi connectivity index (χ1v) is 8.14. The van der Waals surface area contributed by atoms with Crippen LogP contribution in [0.2, 0.25) is 0 Å². The normalized spacial score (nSPS) is 10.5. The predicted octanol–water partition coefficient (Wildman–Crippen LogP) is 3.55. The molecule has 1 heterocycles. The summed E-state index contributed by atoms with van der Waals surface area (Å²) in [6, 6.07) is 3.95. The van der Waals surface area contributed by atoms with Gasteiger partial charge in [0.2, 0.25) is 4.77 Å². The quantitative estimate of drug-likeness (QED) is 0.712. The van der Waals surface area contributed by atoms with Gasteiger partial charge < -0.3 is 14.9 Å². The lowest BCUT2D eigenvalue weighted by molar-refractivity contribution is 0.292. The van der Waals surface area contributed by atoms with Gasteiger partial charge in [0.25, 0.3) is 0 Å². The number of rotatable bonds is 7. The number of nitrogens with zero attached hydrogens (tertiary/aromatic N) is 2. The molecule has 1 aromatic carbocycles. The van der Waals surface area contributed by atoms with Crippen LogP contribution in [0.25, 0.3) is 0 Å². The Bertz CT molecular complexity index is 699. The third-order valence-electron chi connectivity index (χ3n) is 3.02. The summed E-state index contributed by atoms with van der Waals surface area (Å²) in [5, 5.41) is 6.80. The highest BCUT2D eigenvalue weighted by molar-refractivity contribution is 9.10. The third-order valence-corrected chi connectivity index (χ3v) is 3.88. The molecular formula is C14H19BrN4O2S. The molecule has 0 aliphatic rings. The second kappa shape index (κ2) is 7.64. The summed E-state index contributed by atoms with van der Waals surface area (Å²) < 4.78 is 14.3. The number of aromatic amines is 1. The van der Waals surface area contributed by atoms with Gasteiger partial charge in [-0.25, -0.2) is 4.68 Å². The van der Waals surface area contributed by atoms with E-state index >= 15 is 0 Å². The minimum absolute atomic E-state index is 0.534. The summed E-state index contributed by atoms with van der Waals surface area (Å²) in [6.45, 7) is 5.17. The molecule has 0 saturated carbocycles. The van der Waals surface area contributed by atoms with Crippen molar-refractivity contribution in [3.8, 4) is 11.5 Å². The Morgan fingerprint density at radius 2 is 2.23 bits per heavy atom. The van der Waals surface area contributed by atoms with E-state index in [1.54, 1.807) is 11.8 Å². The summed E-state index contributed by atoms with van der Waals surface area (Å²) in [5.41, 5.74) is 4.26. The van der Waals surface area contributed by atoms with Crippen molar-refractivity contribution < 1.29 is 9.47 Å². The molecule has 0 saturated heterocycles. The fourth-order valence-electron chi connectivity index (χ4n) is 1.95. The fraction of sp³-hybridized carbons (Fsp3) is 0.429. The molecule has 2 N–H and O–H groups in total. The lowest BCUT2D eigenvalue weighted by atomic mass is 10.2. The molecule has 0 fully saturated rings. The van der Waals surface area contributed by atoms with Crippen molar-refractivity contribution in [3.63, 3.8) is 0 Å². The van der Waals surface area contributed by atoms with E-state index in [1.165, 1.54) is 0 Å². The number of methoxy groups -OCH3 is 1. The molecular weight excluding hydrogens is 368 g/mol. The smallest absolute Gasteiger partial charge is 0.214 e. The van der Waals surface area contributed by atoms with Crippen molar-refractivity contribution >= 4 is 28.1 Å². The molecule has 0 spiro atoms. The van der Waals surface area contributed by atoms with Crippen molar-refractivity contribution in [2.24, 2.45) is 0 Å². The Morgan fingerprint density at radius 3 is 2.82 bits per heavy atom. The number of aryl methyl sites for hydroxylation is 1. The summed E-state index contributed by atoms with van der Waals surface area (Å²) in [6.07, 6.45) is 0.941. The number of nitrogens with one attached hydrogen (secondary N) is 2. The Hall–Kier alpha value is -1.54. The maximum atomic E-state index is 5.72. The number of H-pyrrole nitrogens is 1. The molecule has 120 valence electrons. The summed E-state index contributed by atoms with van der Waals surface area (Å²) in [5.74, 6) is 2.20. The zero-order valence-electron chi connectivity index (χ0n) is 12.8. The molecule has 0 amide bonds. The van der Waals surface area contributed by atoms with Crippen LogP contribution in [0.1, 0.15) is 24.7 Å². The van der Waals surface area contributed by atoms with Gasteiger partial charge in [-0.15, -0.1) is 0 Å². The van der Waals surface area contributed by atoms with E-state index in [0.717, 1.165) is 28.0 Å². The van der Waals surface area contributed by atoms with Gasteiger partial charge in [-0.05, 0) is 59.2 Å². The number of ether oxygens (including phenoxy) is 2.